The molecule has 1 aromatic rings. The molecule has 4 heteroatoms. The van der Waals surface area contributed by atoms with Crippen LogP contribution in [0.4, 0.5) is 0 Å². The molecular formula is C15H23NO3. The number of hydrogen-bond donors (Lipinski definition) is 1. The molecular weight excluding hydrogens is 242 g/mol. The Kier molecular flexibility index (Phi) is 6.36. The molecule has 0 saturated heterocycles. The van der Waals surface area contributed by atoms with Gasteiger partial charge in [0.2, 0.25) is 0 Å². The van der Waals surface area contributed by atoms with E-state index in [0.29, 0.717) is 6.54 Å². The van der Waals surface area contributed by atoms with Gasteiger partial charge in [0.15, 0.2) is 0 Å². The Bertz CT molecular complexity index is 406. The van der Waals surface area contributed by atoms with Gasteiger partial charge in [0.1, 0.15) is 5.75 Å². The SMILES string of the molecule is CCC(C(=O)OC)C(C)NCc1cccc(OC)c1. The fraction of sp³-hybridized carbons (Fsp3) is 0.533. The lowest BCUT2D eigenvalue weighted by atomic mass is 9.98. The number of rotatable bonds is 7. The second kappa shape index (κ2) is 7.79. The maximum Gasteiger partial charge on any atom is 0.310 e. The molecule has 106 valence electrons. The van der Waals surface area contributed by atoms with Crippen LogP contribution in [0.3, 0.4) is 0 Å². The van der Waals surface area contributed by atoms with Crippen LogP contribution < -0.4 is 10.1 Å². The lowest BCUT2D eigenvalue weighted by Gasteiger charge is -2.21. The van der Waals surface area contributed by atoms with Crippen molar-refractivity contribution in [3.8, 4) is 5.75 Å². The van der Waals surface area contributed by atoms with Gasteiger partial charge < -0.3 is 14.8 Å². The molecule has 0 amide bonds. The Hall–Kier alpha value is -1.55. The Balaban J connectivity index is 2.57. The molecule has 0 aliphatic rings. The highest BCUT2D eigenvalue weighted by Gasteiger charge is 2.23. The second-order valence-corrected chi connectivity index (χ2v) is 4.56. The average molecular weight is 265 g/mol. The van der Waals surface area contributed by atoms with Gasteiger partial charge in [-0.2, -0.15) is 0 Å². The van der Waals surface area contributed by atoms with Crippen LogP contribution in [-0.2, 0) is 16.1 Å². The molecule has 19 heavy (non-hydrogen) atoms. The van der Waals surface area contributed by atoms with Crippen molar-refractivity contribution in [2.75, 3.05) is 14.2 Å². The van der Waals surface area contributed by atoms with Gasteiger partial charge in [0.05, 0.1) is 20.1 Å². The zero-order valence-corrected chi connectivity index (χ0v) is 12.1. The van der Waals surface area contributed by atoms with Crippen LogP contribution in [0.2, 0.25) is 0 Å². The van der Waals surface area contributed by atoms with Crippen molar-refractivity contribution in [1.82, 2.24) is 5.32 Å². The number of ether oxygens (including phenoxy) is 2. The number of esters is 1. The van der Waals surface area contributed by atoms with E-state index in [1.54, 1.807) is 7.11 Å². The minimum Gasteiger partial charge on any atom is -0.497 e. The van der Waals surface area contributed by atoms with E-state index in [4.69, 9.17) is 9.47 Å². The Morgan fingerprint density at radius 1 is 1.37 bits per heavy atom. The Labute approximate surface area is 115 Å². The molecule has 1 aromatic carbocycles. The van der Waals surface area contributed by atoms with Crippen LogP contribution in [0.15, 0.2) is 24.3 Å². The third-order valence-electron chi connectivity index (χ3n) is 3.31. The molecule has 0 radical (unpaired) electrons. The van der Waals surface area contributed by atoms with Crippen molar-refractivity contribution in [3.05, 3.63) is 29.8 Å². The molecule has 0 bridgehead atoms. The van der Waals surface area contributed by atoms with Crippen LogP contribution in [0.1, 0.15) is 25.8 Å². The lowest BCUT2D eigenvalue weighted by Crippen LogP contribution is -2.37. The fourth-order valence-corrected chi connectivity index (χ4v) is 2.08. The van der Waals surface area contributed by atoms with E-state index in [0.717, 1.165) is 17.7 Å². The number of carbonyl (C=O) groups is 1. The summed E-state index contributed by atoms with van der Waals surface area (Å²) in [6.45, 7) is 4.70. The molecule has 0 aliphatic heterocycles. The molecule has 0 saturated carbocycles. The Morgan fingerprint density at radius 2 is 2.11 bits per heavy atom. The van der Waals surface area contributed by atoms with Crippen molar-refractivity contribution in [1.29, 1.82) is 0 Å². The van der Waals surface area contributed by atoms with Crippen LogP contribution in [0, 0.1) is 5.92 Å². The largest absolute Gasteiger partial charge is 0.497 e. The molecule has 0 aromatic heterocycles. The molecule has 0 spiro atoms. The Morgan fingerprint density at radius 3 is 2.68 bits per heavy atom. The van der Waals surface area contributed by atoms with Gasteiger partial charge in [0, 0.05) is 12.6 Å². The van der Waals surface area contributed by atoms with Crippen LogP contribution in [0.5, 0.6) is 5.75 Å². The zero-order chi connectivity index (χ0) is 14.3. The summed E-state index contributed by atoms with van der Waals surface area (Å²) in [5.41, 5.74) is 1.13. The van der Waals surface area contributed by atoms with E-state index in [1.165, 1.54) is 7.11 Å². The number of nitrogens with one attached hydrogen (secondary N) is 1. The van der Waals surface area contributed by atoms with Gasteiger partial charge in [-0.05, 0) is 31.0 Å². The minimum atomic E-state index is -0.159. The first-order chi connectivity index (χ1) is 9.12. The van der Waals surface area contributed by atoms with Gasteiger partial charge >= 0.3 is 5.97 Å². The van der Waals surface area contributed by atoms with Gasteiger partial charge in [-0.1, -0.05) is 19.1 Å². The monoisotopic (exact) mass is 265 g/mol. The zero-order valence-electron chi connectivity index (χ0n) is 12.1. The van der Waals surface area contributed by atoms with Crippen molar-refractivity contribution >= 4 is 5.97 Å². The van der Waals surface area contributed by atoms with Crippen LogP contribution in [-0.4, -0.2) is 26.2 Å². The number of hydrogen-bond acceptors (Lipinski definition) is 4. The molecule has 0 heterocycles. The van der Waals surface area contributed by atoms with Crippen molar-refractivity contribution in [2.24, 2.45) is 5.92 Å². The maximum atomic E-state index is 11.6. The normalized spacial score (nSPS) is 13.7. The summed E-state index contributed by atoms with van der Waals surface area (Å²) >= 11 is 0. The second-order valence-electron chi connectivity index (χ2n) is 4.56. The first kappa shape index (κ1) is 15.5. The highest BCUT2D eigenvalue weighted by molar-refractivity contribution is 5.73. The summed E-state index contributed by atoms with van der Waals surface area (Å²) in [5, 5.41) is 3.36. The van der Waals surface area contributed by atoms with E-state index in [9.17, 15) is 4.79 Å². The van der Waals surface area contributed by atoms with Gasteiger partial charge in [-0.15, -0.1) is 0 Å². The van der Waals surface area contributed by atoms with Gasteiger partial charge in [-0.25, -0.2) is 0 Å². The summed E-state index contributed by atoms with van der Waals surface area (Å²) in [5.74, 6) is 0.565. The van der Waals surface area contributed by atoms with E-state index in [1.807, 2.05) is 38.1 Å². The molecule has 1 rings (SSSR count). The predicted octanol–water partition coefficient (Wildman–Crippen LogP) is 2.37. The highest BCUT2D eigenvalue weighted by Crippen LogP contribution is 2.14. The summed E-state index contributed by atoms with van der Waals surface area (Å²) in [6, 6.07) is 7.96. The number of methoxy groups -OCH3 is 2. The molecule has 0 aliphatic carbocycles. The third kappa shape index (κ3) is 4.56. The summed E-state index contributed by atoms with van der Waals surface area (Å²) in [4.78, 5) is 11.6. The first-order valence-electron chi connectivity index (χ1n) is 6.56. The average Bonchev–Trinajstić information content (AvgIpc) is 2.45. The summed E-state index contributed by atoms with van der Waals surface area (Å²) < 4.78 is 10.00. The van der Waals surface area contributed by atoms with Crippen LogP contribution in [0.25, 0.3) is 0 Å². The predicted molar refractivity (Wildman–Crippen MR) is 75.1 cm³/mol. The molecule has 2 atom stereocenters. The molecule has 0 fully saturated rings. The molecule has 2 unspecified atom stereocenters. The van der Waals surface area contributed by atoms with Crippen LogP contribution >= 0.6 is 0 Å². The van der Waals surface area contributed by atoms with E-state index >= 15 is 0 Å². The highest BCUT2D eigenvalue weighted by atomic mass is 16.5. The van der Waals surface area contributed by atoms with Crippen molar-refractivity contribution in [2.45, 2.75) is 32.9 Å². The van der Waals surface area contributed by atoms with Crippen molar-refractivity contribution < 1.29 is 14.3 Å². The number of benzene rings is 1. The fourth-order valence-electron chi connectivity index (χ4n) is 2.08. The molecule has 4 nitrogen and oxygen atoms in total. The third-order valence-corrected chi connectivity index (χ3v) is 3.31. The van der Waals surface area contributed by atoms with E-state index < -0.39 is 0 Å². The van der Waals surface area contributed by atoms with E-state index in [-0.39, 0.29) is 17.9 Å². The number of carbonyl (C=O) groups excluding carboxylic acids is 1. The first-order valence-corrected chi connectivity index (χ1v) is 6.56. The quantitative estimate of drug-likeness (QED) is 0.769. The minimum absolute atomic E-state index is 0.0728. The summed E-state index contributed by atoms with van der Waals surface area (Å²) in [7, 11) is 3.08. The topological polar surface area (TPSA) is 47.6 Å². The smallest absolute Gasteiger partial charge is 0.310 e. The molecule has 1 N–H and O–H groups in total. The standard InChI is InChI=1S/C15H23NO3/c1-5-14(15(17)19-4)11(2)16-10-12-7-6-8-13(9-12)18-3/h6-9,11,14,16H,5,10H2,1-4H3. The van der Waals surface area contributed by atoms with E-state index in [2.05, 4.69) is 5.32 Å². The van der Waals surface area contributed by atoms with Gasteiger partial charge in [-0.3, -0.25) is 4.79 Å². The summed E-state index contributed by atoms with van der Waals surface area (Å²) in [6.07, 6.45) is 0.763. The van der Waals surface area contributed by atoms with Gasteiger partial charge in [0.25, 0.3) is 0 Å². The van der Waals surface area contributed by atoms with Crippen molar-refractivity contribution in [3.63, 3.8) is 0 Å². The lowest BCUT2D eigenvalue weighted by molar-refractivity contribution is -0.146. The maximum absolute atomic E-state index is 11.6.